The van der Waals surface area contributed by atoms with Crippen LogP contribution in [0.15, 0.2) is 35.3 Å². The maximum atomic E-state index is 12.0. The number of sulfonamides is 1. The van der Waals surface area contributed by atoms with E-state index < -0.39 is 10.0 Å². The molecule has 1 aromatic carbocycles. The zero-order chi connectivity index (χ0) is 18.8. The molecule has 1 aliphatic carbocycles. The van der Waals surface area contributed by atoms with Crippen molar-refractivity contribution in [2.75, 3.05) is 25.9 Å². The summed E-state index contributed by atoms with van der Waals surface area (Å²) in [7, 11) is -1.53. The van der Waals surface area contributed by atoms with Crippen molar-refractivity contribution in [3.8, 4) is 0 Å². The van der Waals surface area contributed by atoms with Gasteiger partial charge in [0, 0.05) is 26.2 Å². The average molecular weight is 508 g/mol. The Morgan fingerprint density at radius 3 is 2.56 bits per heavy atom. The van der Waals surface area contributed by atoms with Gasteiger partial charge in [0.25, 0.3) is 0 Å². The molecule has 0 spiro atoms. The van der Waals surface area contributed by atoms with Gasteiger partial charge in [-0.05, 0) is 44.1 Å². The highest BCUT2D eigenvalue weighted by Crippen LogP contribution is 2.25. The van der Waals surface area contributed by atoms with Crippen molar-refractivity contribution in [3.05, 3.63) is 35.9 Å². The SMILES string of the molecule is CN=C(NCCS(=O)(=O)NCC1CCC1)NC(C)CCc1ccccc1.I. The van der Waals surface area contributed by atoms with Crippen LogP contribution in [0.5, 0.6) is 0 Å². The van der Waals surface area contributed by atoms with E-state index in [1.165, 1.54) is 12.0 Å². The number of guanidine groups is 1. The zero-order valence-corrected chi connectivity index (χ0v) is 19.4. The lowest BCUT2D eigenvalue weighted by Gasteiger charge is -2.25. The monoisotopic (exact) mass is 508 g/mol. The van der Waals surface area contributed by atoms with E-state index in [1.807, 2.05) is 18.2 Å². The van der Waals surface area contributed by atoms with Gasteiger partial charge in [-0.3, -0.25) is 4.99 Å². The lowest BCUT2D eigenvalue weighted by Crippen LogP contribution is -2.45. The van der Waals surface area contributed by atoms with Crippen molar-refractivity contribution in [2.24, 2.45) is 10.9 Å². The van der Waals surface area contributed by atoms with Crippen molar-refractivity contribution in [1.82, 2.24) is 15.4 Å². The van der Waals surface area contributed by atoms with Crippen LogP contribution in [0.25, 0.3) is 0 Å². The molecule has 1 unspecified atom stereocenters. The van der Waals surface area contributed by atoms with Gasteiger partial charge >= 0.3 is 0 Å². The second kappa shape index (κ2) is 12.6. The van der Waals surface area contributed by atoms with Crippen LogP contribution in [0.1, 0.15) is 38.2 Å². The number of nitrogens with zero attached hydrogens (tertiary/aromatic N) is 1. The van der Waals surface area contributed by atoms with Crippen LogP contribution in [-0.2, 0) is 16.4 Å². The summed E-state index contributed by atoms with van der Waals surface area (Å²) >= 11 is 0. The predicted molar refractivity (Wildman–Crippen MR) is 123 cm³/mol. The average Bonchev–Trinajstić information content (AvgIpc) is 2.58. The van der Waals surface area contributed by atoms with Gasteiger partial charge in [0.1, 0.15) is 0 Å². The Labute approximate surface area is 181 Å². The Hall–Kier alpha value is -0.870. The minimum absolute atomic E-state index is 0. The third-order valence-electron chi connectivity index (χ3n) is 4.80. The fourth-order valence-electron chi connectivity index (χ4n) is 2.85. The van der Waals surface area contributed by atoms with Crippen LogP contribution in [0, 0.1) is 5.92 Å². The van der Waals surface area contributed by atoms with E-state index in [2.05, 4.69) is 39.4 Å². The number of benzene rings is 1. The van der Waals surface area contributed by atoms with Gasteiger partial charge in [0.05, 0.1) is 5.75 Å². The zero-order valence-electron chi connectivity index (χ0n) is 16.3. The lowest BCUT2D eigenvalue weighted by molar-refractivity contribution is 0.316. The van der Waals surface area contributed by atoms with E-state index in [0.29, 0.717) is 25.0 Å². The van der Waals surface area contributed by atoms with Crippen molar-refractivity contribution in [2.45, 2.75) is 45.1 Å². The third-order valence-corrected chi connectivity index (χ3v) is 6.14. The van der Waals surface area contributed by atoms with E-state index in [4.69, 9.17) is 0 Å². The topological polar surface area (TPSA) is 82.6 Å². The minimum atomic E-state index is -3.23. The summed E-state index contributed by atoms with van der Waals surface area (Å²) < 4.78 is 26.7. The first-order valence-corrected chi connectivity index (χ1v) is 11.1. The van der Waals surface area contributed by atoms with E-state index in [9.17, 15) is 8.42 Å². The smallest absolute Gasteiger partial charge is 0.213 e. The Morgan fingerprint density at radius 2 is 1.96 bits per heavy atom. The molecule has 0 radical (unpaired) electrons. The van der Waals surface area contributed by atoms with Gasteiger partial charge in [0.15, 0.2) is 5.96 Å². The van der Waals surface area contributed by atoms with Crippen LogP contribution >= 0.6 is 24.0 Å². The van der Waals surface area contributed by atoms with Gasteiger partial charge in [-0.2, -0.15) is 0 Å². The van der Waals surface area contributed by atoms with E-state index in [0.717, 1.165) is 25.7 Å². The summed E-state index contributed by atoms with van der Waals surface area (Å²) in [5.74, 6) is 1.22. The number of aliphatic imine (C=N–C) groups is 1. The van der Waals surface area contributed by atoms with Crippen LogP contribution in [0.4, 0.5) is 0 Å². The number of halogens is 1. The quantitative estimate of drug-likeness (QED) is 0.258. The standard InChI is InChI=1S/C19H32N4O2S.HI/c1-16(11-12-17-7-4-3-5-8-17)23-19(20-2)21-13-14-26(24,25)22-15-18-9-6-10-18;/h3-5,7-8,16,18,22H,6,9-15H2,1-2H3,(H2,20,21,23);1H. The molecule has 3 N–H and O–H groups in total. The van der Waals surface area contributed by atoms with Crippen LogP contribution in [0.2, 0.25) is 0 Å². The fourth-order valence-corrected chi connectivity index (χ4v) is 3.85. The summed E-state index contributed by atoms with van der Waals surface area (Å²) in [4.78, 5) is 4.18. The summed E-state index contributed by atoms with van der Waals surface area (Å²) in [5, 5.41) is 6.41. The minimum Gasteiger partial charge on any atom is -0.355 e. The number of hydrogen-bond donors (Lipinski definition) is 3. The molecule has 0 heterocycles. The summed E-state index contributed by atoms with van der Waals surface area (Å²) in [6.07, 6.45) is 5.46. The Kier molecular flexibility index (Phi) is 11.2. The molecule has 8 heteroatoms. The molecule has 1 saturated carbocycles. The maximum Gasteiger partial charge on any atom is 0.213 e. The molecule has 0 aromatic heterocycles. The number of rotatable bonds is 10. The van der Waals surface area contributed by atoms with Crippen LogP contribution < -0.4 is 15.4 Å². The molecule has 27 heavy (non-hydrogen) atoms. The Bertz CT molecular complexity index is 664. The van der Waals surface area contributed by atoms with E-state index in [1.54, 1.807) is 7.05 Å². The lowest BCUT2D eigenvalue weighted by atomic mass is 9.86. The highest BCUT2D eigenvalue weighted by atomic mass is 127. The maximum absolute atomic E-state index is 12.0. The van der Waals surface area contributed by atoms with Gasteiger partial charge in [-0.25, -0.2) is 13.1 Å². The first kappa shape index (κ1) is 24.2. The Balaban J connectivity index is 0.00000364. The second-order valence-electron chi connectivity index (χ2n) is 7.03. The molecule has 1 aliphatic rings. The van der Waals surface area contributed by atoms with Gasteiger partial charge in [-0.15, -0.1) is 24.0 Å². The van der Waals surface area contributed by atoms with Gasteiger partial charge in [-0.1, -0.05) is 36.8 Å². The second-order valence-corrected chi connectivity index (χ2v) is 8.96. The van der Waals surface area contributed by atoms with Crippen molar-refractivity contribution in [3.63, 3.8) is 0 Å². The van der Waals surface area contributed by atoms with Crippen molar-refractivity contribution >= 4 is 40.0 Å². The molecule has 1 fully saturated rings. The number of nitrogens with one attached hydrogen (secondary N) is 3. The molecule has 1 aromatic rings. The van der Waals surface area contributed by atoms with E-state index >= 15 is 0 Å². The fraction of sp³-hybridized carbons (Fsp3) is 0.632. The first-order chi connectivity index (χ1) is 12.5. The van der Waals surface area contributed by atoms with Gasteiger partial charge in [0.2, 0.25) is 10.0 Å². The number of hydrogen-bond acceptors (Lipinski definition) is 3. The predicted octanol–water partition coefficient (Wildman–Crippen LogP) is 2.51. The highest BCUT2D eigenvalue weighted by molar-refractivity contribution is 14.0. The Morgan fingerprint density at radius 1 is 1.26 bits per heavy atom. The van der Waals surface area contributed by atoms with Gasteiger partial charge < -0.3 is 10.6 Å². The van der Waals surface area contributed by atoms with E-state index in [-0.39, 0.29) is 35.8 Å². The molecule has 2 rings (SSSR count). The highest BCUT2D eigenvalue weighted by Gasteiger charge is 2.20. The molecule has 0 aliphatic heterocycles. The third kappa shape index (κ3) is 9.75. The summed E-state index contributed by atoms with van der Waals surface area (Å²) in [5.41, 5.74) is 1.31. The molecular formula is C19H33IN4O2S. The molecule has 0 amide bonds. The summed E-state index contributed by atoms with van der Waals surface area (Å²) in [6, 6.07) is 10.6. The molecule has 154 valence electrons. The van der Waals surface area contributed by atoms with Crippen LogP contribution in [-0.4, -0.2) is 46.3 Å². The van der Waals surface area contributed by atoms with Crippen LogP contribution in [0.3, 0.4) is 0 Å². The molecular weight excluding hydrogens is 475 g/mol. The molecule has 0 saturated heterocycles. The largest absolute Gasteiger partial charge is 0.355 e. The van der Waals surface area contributed by atoms with Crippen molar-refractivity contribution in [1.29, 1.82) is 0 Å². The normalized spacial score (nSPS) is 16.1. The molecule has 6 nitrogen and oxygen atoms in total. The first-order valence-electron chi connectivity index (χ1n) is 9.47. The molecule has 1 atom stereocenters. The van der Waals surface area contributed by atoms with Crippen molar-refractivity contribution < 1.29 is 8.42 Å². The molecule has 0 bridgehead atoms. The summed E-state index contributed by atoms with van der Waals surface area (Å²) in [6.45, 7) is 3.02. The number of aryl methyl sites for hydroxylation is 1.